The average molecular weight is 945 g/mol. The van der Waals surface area contributed by atoms with Gasteiger partial charge in [0.15, 0.2) is 6.29 Å². The Morgan fingerprint density at radius 2 is 1.76 bits per heavy atom. The van der Waals surface area contributed by atoms with E-state index in [2.05, 4.69) is 58.0 Å². The van der Waals surface area contributed by atoms with Crippen molar-refractivity contribution in [2.24, 2.45) is 7.05 Å². The fraction of sp³-hybridized carbons (Fsp3) is 0.481. The minimum absolute atomic E-state index is 0.00523. The SMILES string of the molecule is C=C/C=c1\c(=C/CCC)c2ccc(C(=C/C)/C=C(\C(=C)OC3CCC3)C(C)(F)F)cc2n1C.CNC(=O)C(CCC=O)N(C)C(=O)c1ccc(OCCCCCN2CCC(OF)CC2)cc1C=O. The Hall–Kier alpha value is -5.73. The number of ether oxygens (including phenoxy) is 2. The first-order valence-electron chi connectivity index (χ1n) is 23.8. The second-order valence-corrected chi connectivity index (χ2v) is 17.5. The van der Waals surface area contributed by atoms with Crippen LogP contribution in [-0.2, 0) is 26.3 Å². The lowest BCUT2D eigenvalue weighted by molar-refractivity contribution is -0.190. The van der Waals surface area contributed by atoms with Gasteiger partial charge >= 0.3 is 0 Å². The van der Waals surface area contributed by atoms with E-state index in [9.17, 15) is 32.5 Å². The summed E-state index contributed by atoms with van der Waals surface area (Å²) in [5.74, 6) is -3.37. The highest BCUT2D eigenvalue weighted by molar-refractivity contribution is 6.03. The van der Waals surface area contributed by atoms with Crippen molar-refractivity contribution in [1.82, 2.24) is 19.7 Å². The molecule has 2 aliphatic rings. The average Bonchev–Trinajstić information content (AvgIpc) is 3.58. The van der Waals surface area contributed by atoms with Crippen LogP contribution in [0.15, 0.2) is 79.1 Å². The third-order valence-corrected chi connectivity index (χ3v) is 12.6. The summed E-state index contributed by atoms with van der Waals surface area (Å²) in [4.78, 5) is 55.0. The van der Waals surface area contributed by atoms with E-state index in [1.54, 1.807) is 12.1 Å². The Morgan fingerprint density at radius 3 is 2.35 bits per heavy atom. The molecule has 1 aliphatic heterocycles. The van der Waals surface area contributed by atoms with Gasteiger partial charge in [-0.2, -0.15) is 4.94 Å². The first-order chi connectivity index (χ1) is 32.6. The molecule has 0 spiro atoms. The number of aldehydes is 2. The largest absolute Gasteiger partial charge is 0.494 e. The van der Waals surface area contributed by atoms with Crippen molar-refractivity contribution in [3.05, 3.63) is 106 Å². The van der Waals surface area contributed by atoms with Crippen LogP contribution in [0.4, 0.5) is 13.3 Å². The molecule has 14 heteroatoms. The van der Waals surface area contributed by atoms with Gasteiger partial charge in [-0.25, -0.2) is 8.78 Å². The van der Waals surface area contributed by atoms with E-state index in [-0.39, 0.29) is 53.4 Å². The van der Waals surface area contributed by atoms with Crippen LogP contribution in [0.1, 0.15) is 124 Å². The van der Waals surface area contributed by atoms with Crippen molar-refractivity contribution in [2.45, 2.75) is 122 Å². The van der Waals surface area contributed by atoms with E-state index in [0.717, 1.165) is 113 Å². The van der Waals surface area contributed by atoms with Gasteiger partial charge in [-0.05, 0) is 130 Å². The highest BCUT2D eigenvalue weighted by atomic mass is 19.3. The second-order valence-electron chi connectivity index (χ2n) is 17.5. The number of nitrogens with zero attached hydrogens (tertiary/aromatic N) is 3. The number of rotatable bonds is 24. The molecule has 1 saturated carbocycles. The predicted octanol–water partition coefficient (Wildman–Crippen LogP) is 9.37. The number of benzene rings is 2. The van der Waals surface area contributed by atoms with Gasteiger partial charge in [0, 0.05) is 74.6 Å². The van der Waals surface area contributed by atoms with E-state index >= 15 is 0 Å². The fourth-order valence-corrected chi connectivity index (χ4v) is 8.35. The lowest BCUT2D eigenvalue weighted by Gasteiger charge is -2.29. The zero-order valence-electron chi connectivity index (χ0n) is 40.8. The third kappa shape index (κ3) is 15.1. The van der Waals surface area contributed by atoms with E-state index in [4.69, 9.17) is 9.47 Å². The second kappa shape index (κ2) is 27.3. The van der Waals surface area contributed by atoms with Crippen molar-refractivity contribution in [1.29, 1.82) is 0 Å². The maximum absolute atomic E-state index is 14.5. The van der Waals surface area contributed by atoms with Gasteiger partial charge in [0.2, 0.25) is 5.91 Å². The van der Waals surface area contributed by atoms with Crippen molar-refractivity contribution in [3.63, 3.8) is 0 Å². The predicted molar refractivity (Wildman–Crippen MR) is 264 cm³/mol. The van der Waals surface area contributed by atoms with Gasteiger partial charge in [0.25, 0.3) is 11.8 Å². The topological polar surface area (TPSA) is 119 Å². The molecule has 0 bridgehead atoms. The molecule has 370 valence electrons. The van der Waals surface area contributed by atoms with Gasteiger partial charge in [0.1, 0.15) is 29.9 Å². The molecule has 1 N–H and O–H groups in total. The molecule has 2 amide bonds. The van der Waals surface area contributed by atoms with Crippen LogP contribution in [0.5, 0.6) is 5.75 Å². The number of unbranched alkanes of at least 4 members (excludes halogenated alkanes) is 3. The molecule has 1 unspecified atom stereocenters. The Bertz CT molecular complexity index is 2390. The third-order valence-electron chi connectivity index (χ3n) is 12.6. The first-order valence-corrected chi connectivity index (χ1v) is 23.8. The molecule has 0 radical (unpaired) electrons. The normalized spacial score (nSPS) is 16.1. The van der Waals surface area contributed by atoms with Crippen molar-refractivity contribution in [3.8, 4) is 5.75 Å². The molecular formula is C54H71F3N4O7. The number of allylic oxidation sites excluding steroid dienone is 5. The standard InChI is InChI=1S/C29H35F2NO.C25H36FN3O6/c1-7-10-15-24-25-17-16-22(19-28(25)32(6)27(24)12-8-2)21(9-3)18-26(29(5,30)31)20(4)33-23-13-11-14-23;1-27-24(32)23(7-6-15-30)28(2)25(33)22-9-8-21(17-19(22)18-31)34-16-5-3-4-12-29-13-10-20(35-26)11-14-29/h8-9,12,15-19,23H,2,4,7,10-11,13-14H2,1,3,5-6H3;8-9,15,17-18,20,23H,3-7,10-14,16H2,1-2H3,(H,27,32)/b21-9+,24-15-,26-18+,27-12+;. The number of likely N-dealkylation sites (N-methyl/N-ethyl adjacent to an activating group) is 2. The smallest absolute Gasteiger partial charge is 0.274 e. The number of hydrogen-bond donors (Lipinski definition) is 1. The number of aryl methyl sites for hydroxylation is 1. The van der Waals surface area contributed by atoms with E-state index in [1.165, 1.54) is 42.4 Å². The Morgan fingerprint density at radius 1 is 1.03 bits per heavy atom. The molecule has 1 atom stereocenters. The quantitative estimate of drug-likeness (QED) is 0.0409. The summed E-state index contributed by atoms with van der Waals surface area (Å²) in [7, 11) is 4.96. The number of alkyl halides is 2. The monoisotopic (exact) mass is 945 g/mol. The number of carbonyl (C=O) groups is 4. The fourth-order valence-electron chi connectivity index (χ4n) is 8.35. The highest BCUT2D eigenvalue weighted by Gasteiger charge is 2.33. The molecule has 5 rings (SSSR count). The van der Waals surface area contributed by atoms with E-state index < -0.39 is 17.9 Å². The Kier molecular flexibility index (Phi) is 22.0. The van der Waals surface area contributed by atoms with Crippen LogP contribution < -0.4 is 20.6 Å². The minimum atomic E-state index is -3.06. The van der Waals surface area contributed by atoms with Crippen molar-refractivity contribution < 1.29 is 46.9 Å². The van der Waals surface area contributed by atoms with Crippen LogP contribution in [0.2, 0.25) is 0 Å². The van der Waals surface area contributed by atoms with Crippen molar-refractivity contribution >= 4 is 53.0 Å². The number of nitrogens with one attached hydrogen (secondary N) is 1. The van der Waals surface area contributed by atoms with Gasteiger partial charge in [-0.1, -0.05) is 56.9 Å². The Balaban J connectivity index is 0.000000297. The summed E-state index contributed by atoms with van der Waals surface area (Å²) in [6, 6.07) is 9.98. The molecule has 2 fully saturated rings. The van der Waals surface area contributed by atoms with Crippen LogP contribution in [0, 0.1) is 0 Å². The lowest BCUT2D eigenvalue weighted by atomic mass is 9.95. The molecule has 11 nitrogen and oxygen atoms in total. The maximum atomic E-state index is 14.5. The number of piperidine rings is 1. The molecule has 1 aromatic heterocycles. The summed E-state index contributed by atoms with van der Waals surface area (Å²) in [6.07, 6.45) is 19.9. The van der Waals surface area contributed by atoms with Crippen LogP contribution in [0.3, 0.4) is 0 Å². The number of likely N-dealkylation sites (tertiary alicyclic amines) is 1. The molecule has 1 saturated heterocycles. The molecule has 68 heavy (non-hydrogen) atoms. The molecule has 3 aromatic rings. The number of hydrogen-bond acceptors (Lipinski definition) is 8. The molecule has 1 aliphatic carbocycles. The lowest BCUT2D eigenvalue weighted by Crippen LogP contribution is -2.47. The molecular weight excluding hydrogens is 874 g/mol. The summed E-state index contributed by atoms with van der Waals surface area (Å²) >= 11 is 0. The first kappa shape index (κ1) is 54.9. The summed E-state index contributed by atoms with van der Waals surface area (Å²) < 4.78 is 54.9. The summed E-state index contributed by atoms with van der Waals surface area (Å²) in [6.45, 7) is 15.7. The van der Waals surface area contributed by atoms with Gasteiger partial charge in [0.05, 0.1) is 23.8 Å². The molecule has 2 aromatic carbocycles. The Labute approximate surface area is 399 Å². The van der Waals surface area contributed by atoms with Gasteiger partial charge < -0.3 is 34.0 Å². The zero-order valence-corrected chi connectivity index (χ0v) is 40.8. The summed E-state index contributed by atoms with van der Waals surface area (Å²) in [5, 5.41) is 5.91. The summed E-state index contributed by atoms with van der Waals surface area (Å²) in [5.41, 5.74) is 2.79. The van der Waals surface area contributed by atoms with Gasteiger partial charge in [-0.3, -0.25) is 14.4 Å². The highest BCUT2D eigenvalue weighted by Crippen LogP contribution is 2.35. The van der Waals surface area contributed by atoms with Crippen LogP contribution in [0.25, 0.3) is 28.6 Å². The number of carbonyl (C=O) groups excluding carboxylic acids is 4. The number of halogens is 3. The van der Waals surface area contributed by atoms with Crippen LogP contribution in [-0.4, -0.2) is 103 Å². The van der Waals surface area contributed by atoms with E-state index in [1.807, 2.05) is 32.2 Å². The van der Waals surface area contributed by atoms with E-state index in [0.29, 0.717) is 30.5 Å². The van der Waals surface area contributed by atoms with Crippen LogP contribution >= 0.6 is 0 Å². The zero-order chi connectivity index (χ0) is 49.8. The van der Waals surface area contributed by atoms with Crippen molar-refractivity contribution in [2.75, 3.05) is 40.3 Å². The molecule has 2 heterocycles. The maximum Gasteiger partial charge on any atom is 0.274 e. The number of aromatic nitrogens is 1. The minimum Gasteiger partial charge on any atom is -0.494 e. The number of amides is 2. The van der Waals surface area contributed by atoms with Gasteiger partial charge in [-0.15, -0.1) is 0 Å². The number of fused-ring (bicyclic) bond motifs is 1.